The molecule has 1 aliphatic heterocycles. The first-order valence-electron chi connectivity index (χ1n) is 14.9. The molecule has 5 aromatic carbocycles. The van der Waals surface area contributed by atoms with Crippen molar-refractivity contribution in [1.29, 1.82) is 0 Å². The van der Waals surface area contributed by atoms with Gasteiger partial charge in [-0.25, -0.2) is 4.57 Å². The Bertz CT molecular complexity index is 2050. The number of ether oxygens (including phenoxy) is 1. The quantitative estimate of drug-likeness (QED) is 0.121. The largest absolute Gasteiger partial charge is 0.455 e. The Morgan fingerprint density at radius 3 is 2.15 bits per heavy atom. The Hall–Kier alpha value is -3.91. The molecule has 0 saturated heterocycles. The van der Waals surface area contributed by atoms with Gasteiger partial charge in [-0.2, -0.15) is 0 Å². The van der Waals surface area contributed by atoms with E-state index < -0.39 is 0 Å². The van der Waals surface area contributed by atoms with E-state index in [2.05, 4.69) is 133 Å². The van der Waals surface area contributed by atoms with E-state index in [0.717, 1.165) is 24.3 Å². The van der Waals surface area contributed by atoms with Crippen molar-refractivity contribution in [2.75, 3.05) is 0 Å². The van der Waals surface area contributed by atoms with Gasteiger partial charge in [-0.1, -0.05) is 96.1 Å². The topological polar surface area (TPSA) is 13.1 Å². The molecule has 0 amide bonds. The molecule has 1 aromatic heterocycles. The second kappa shape index (κ2) is 8.79. The summed E-state index contributed by atoms with van der Waals surface area (Å²) in [5.41, 5.74) is 6.78. The maximum atomic E-state index is 7.26. The normalized spacial score (nSPS) is 13.3. The molecule has 7 rings (SSSR count). The van der Waals surface area contributed by atoms with Gasteiger partial charge in [-0.15, -0.1) is 0 Å². The smallest absolute Gasteiger partial charge is 0.228 e. The molecule has 0 fully saturated rings. The molecule has 0 unspecified atom stereocenters. The van der Waals surface area contributed by atoms with E-state index in [1.807, 2.05) is 0 Å². The highest BCUT2D eigenvalue weighted by Crippen LogP contribution is 2.54. The molecule has 2 nitrogen and oxygen atoms in total. The van der Waals surface area contributed by atoms with E-state index in [0.29, 0.717) is 0 Å². The lowest BCUT2D eigenvalue weighted by atomic mass is 9.80. The lowest BCUT2D eigenvalue weighted by Gasteiger charge is -2.29. The van der Waals surface area contributed by atoms with Gasteiger partial charge in [0.05, 0.1) is 10.9 Å². The zero-order chi connectivity index (χ0) is 28.8. The molecule has 1 aliphatic rings. The van der Waals surface area contributed by atoms with Gasteiger partial charge in [0.2, 0.25) is 5.69 Å². The Kier molecular flexibility index (Phi) is 5.58. The van der Waals surface area contributed by atoms with Crippen LogP contribution < -0.4 is 9.30 Å². The standard InChI is InChI=1S/C39H40NO/c1-23-28-16-14-25-11-9-10-12-29(25)34(28)31(22-39(5,6)7)37-32(23)35-33-26(17-18-40(35)8)20-27-19-24(21-38(2,3)4)13-15-30(27)36(33)41-37/h9-20H,21-22H2,1-8H3/q+1. The number of nitrogens with zero attached hydrogens (tertiary/aromatic N) is 1. The SMILES string of the molecule is Cc1c2c(c(CC(C)(C)C)c3c1ccc1ccccc13)Oc1c3ccc(CC(C)(C)C)cc3cc3cc[n+](C)c-2c13. The average Bonchev–Trinajstić information content (AvgIpc) is 2.90. The number of hydrogen-bond donors (Lipinski definition) is 0. The molecule has 2 heteroatoms. The van der Waals surface area contributed by atoms with Gasteiger partial charge in [0.1, 0.15) is 18.5 Å². The Balaban J connectivity index is 1.62. The average molecular weight is 539 g/mol. The van der Waals surface area contributed by atoms with Gasteiger partial charge in [0.15, 0.2) is 6.20 Å². The van der Waals surface area contributed by atoms with Gasteiger partial charge in [0.25, 0.3) is 0 Å². The summed E-state index contributed by atoms with van der Waals surface area (Å²) in [5.74, 6) is 2.02. The molecule has 206 valence electrons. The molecular formula is C39H40NO+. The number of rotatable bonds is 2. The van der Waals surface area contributed by atoms with Crippen LogP contribution in [0.25, 0.3) is 54.3 Å². The summed E-state index contributed by atoms with van der Waals surface area (Å²) in [7, 11) is 2.18. The predicted molar refractivity (Wildman–Crippen MR) is 174 cm³/mol. The van der Waals surface area contributed by atoms with Crippen LogP contribution in [0.2, 0.25) is 0 Å². The fourth-order valence-corrected chi connectivity index (χ4v) is 7.07. The molecule has 2 heterocycles. The molecule has 41 heavy (non-hydrogen) atoms. The zero-order valence-electron chi connectivity index (χ0n) is 25.7. The van der Waals surface area contributed by atoms with Crippen molar-refractivity contribution in [3.05, 3.63) is 89.6 Å². The van der Waals surface area contributed by atoms with Crippen LogP contribution in [0.15, 0.2) is 72.9 Å². The molecule has 0 spiro atoms. The van der Waals surface area contributed by atoms with Crippen LogP contribution in [0.5, 0.6) is 11.5 Å². The van der Waals surface area contributed by atoms with Crippen LogP contribution in [0.1, 0.15) is 58.2 Å². The Labute approximate surface area is 243 Å². The van der Waals surface area contributed by atoms with Gasteiger partial charge < -0.3 is 4.74 Å². The van der Waals surface area contributed by atoms with Crippen molar-refractivity contribution < 1.29 is 9.30 Å². The lowest BCUT2D eigenvalue weighted by Crippen LogP contribution is -2.32. The molecule has 0 aliphatic carbocycles. The fourth-order valence-electron chi connectivity index (χ4n) is 7.07. The van der Waals surface area contributed by atoms with E-state index in [1.165, 1.54) is 71.0 Å². The minimum atomic E-state index is 0.0886. The number of pyridine rings is 1. The second-order valence-corrected chi connectivity index (χ2v) is 14.6. The van der Waals surface area contributed by atoms with Crippen molar-refractivity contribution in [3.8, 4) is 22.8 Å². The van der Waals surface area contributed by atoms with Gasteiger partial charge >= 0.3 is 0 Å². The highest BCUT2D eigenvalue weighted by atomic mass is 16.5. The highest BCUT2D eigenvalue weighted by Gasteiger charge is 2.35. The van der Waals surface area contributed by atoms with Crippen molar-refractivity contribution >= 4 is 43.1 Å². The Morgan fingerprint density at radius 1 is 0.659 bits per heavy atom. The maximum Gasteiger partial charge on any atom is 0.228 e. The third-order valence-corrected chi connectivity index (χ3v) is 8.65. The molecule has 0 saturated carbocycles. The molecule has 0 bridgehead atoms. The number of fused-ring (bicyclic) bond motifs is 7. The minimum Gasteiger partial charge on any atom is -0.455 e. The predicted octanol–water partition coefficient (Wildman–Crippen LogP) is 10.4. The summed E-state index contributed by atoms with van der Waals surface area (Å²) in [5, 5.41) is 10.1. The summed E-state index contributed by atoms with van der Waals surface area (Å²) in [6, 6.07) is 25.0. The zero-order valence-corrected chi connectivity index (χ0v) is 25.7. The maximum absolute atomic E-state index is 7.26. The Morgan fingerprint density at radius 2 is 1.39 bits per heavy atom. The molecule has 0 radical (unpaired) electrons. The summed E-state index contributed by atoms with van der Waals surface area (Å²) < 4.78 is 9.56. The van der Waals surface area contributed by atoms with Gasteiger partial charge in [-0.3, -0.25) is 0 Å². The van der Waals surface area contributed by atoms with E-state index in [9.17, 15) is 0 Å². The van der Waals surface area contributed by atoms with E-state index in [-0.39, 0.29) is 10.8 Å². The second-order valence-electron chi connectivity index (χ2n) is 14.6. The minimum absolute atomic E-state index is 0.0886. The summed E-state index contributed by atoms with van der Waals surface area (Å²) in [6.07, 6.45) is 4.19. The molecule has 0 N–H and O–H groups in total. The van der Waals surface area contributed by atoms with Crippen molar-refractivity contribution in [2.45, 2.75) is 61.3 Å². The van der Waals surface area contributed by atoms with Gasteiger partial charge in [-0.05, 0) is 80.1 Å². The van der Waals surface area contributed by atoms with E-state index >= 15 is 0 Å². The summed E-state index contributed by atoms with van der Waals surface area (Å²) in [6.45, 7) is 16.2. The van der Waals surface area contributed by atoms with Crippen LogP contribution in [0.3, 0.4) is 0 Å². The van der Waals surface area contributed by atoms with E-state index in [1.54, 1.807) is 0 Å². The summed E-state index contributed by atoms with van der Waals surface area (Å²) >= 11 is 0. The molecular weight excluding hydrogens is 498 g/mol. The first-order valence-corrected chi connectivity index (χ1v) is 14.9. The van der Waals surface area contributed by atoms with E-state index in [4.69, 9.17) is 4.74 Å². The first kappa shape index (κ1) is 26.0. The van der Waals surface area contributed by atoms with Crippen molar-refractivity contribution in [2.24, 2.45) is 17.9 Å². The van der Waals surface area contributed by atoms with Crippen LogP contribution >= 0.6 is 0 Å². The first-order chi connectivity index (χ1) is 19.4. The number of aromatic nitrogens is 1. The number of aryl methyl sites for hydroxylation is 2. The van der Waals surface area contributed by atoms with Gasteiger partial charge in [0, 0.05) is 17.0 Å². The molecule has 6 aromatic rings. The molecule has 0 atom stereocenters. The number of benzene rings is 5. The fraction of sp³-hybridized carbons (Fsp3) is 0.308. The van der Waals surface area contributed by atoms with Crippen LogP contribution in [0.4, 0.5) is 0 Å². The monoisotopic (exact) mass is 538 g/mol. The van der Waals surface area contributed by atoms with Crippen LogP contribution in [-0.2, 0) is 19.9 Å². The van der Waals surface area contributed by atoms with Crippen LogP contribution in [-0.4, -0.2) is 0 Å². The summed E-state index contributed by atoms with van der Waals surface area (Å²) in [4.78, 5) is 0. The number of hydrogen-bond acceptors (Lipinski definition) is 1. The van der Waals surface area contributed by atoms with Crippen molar-refractivity contribution in [1.82, 2.24) is 0 Å². The third kappa shape index (κ3) is 4.19. The lowest BCUT2D eigenvalue weighted by molar-refractivity contribution is -0.659. The van der Waals surface area contributed by atoms with Crippen molar-refractivity contribution in [3.63, 3.8) is 0 Å². The third-order valence-electron chi connectivity index (χ3n) is 8.65. The highest BCUT2D eigenvalue weighted by molar-refractivity contribution is 6.17. The van der Waals surface area contributed by atoms with Crippen LogP contribution in [0, 0.1) is 17.8 Å².